The molecule has 3 heterocycles. The van der Waals surface area contributed by atoms with E-state index >= 15 is 0 Å². The van der Waals surface area contributed by atoms with Crippen molar-refractivity contribution in [2.75, 3.05) is 13.1 Å². The number of hydrogen-bond acceptors (Lipinski definition) is 6. The van der Waals surface area contributed by atoms with Crippen molar-refractivity contribution in [3.05, 3.63) is 46.3 Å². The van der Waals surface area contributed by atoms with Crippen LogP contribution in [0.25, 0.3) is 4.96 Å². The van der Waals surface area contributed by atoms with Gasteiger partial charge >= 0.3 is 0 Å². The lowest BCUT2D eigenvalue weighted by Crippen LogP contribution is -2.47. The third-order valence-electron chi connectivity index (χ3n) is 4.82. The maximum atomic E-state index is 14.7. The van der Waals surface area contributed by atoms with Crippen molar-refractivity contribution in [2.45, 2.75) is 45.4 Å². The zero-order valence-electron chi connectivity index (χ0n) is 15.6. The SMILES string of the molecule is CCc1nc2sc([C@@H](c3ccccc3F)N3C[C@@H](C)O[C@@H](C)C3)c(O)n2n1. The molecule has 1 aliphatic heterocycles. The smallest absolute Gasteiger partial charge is 0.230 e. The van der Waals surface area contributed by atoms with Crippen LogP contribution in [0.2, 0.25) is 0 Å². The highest BCUT2D eigenvalue weighted by molar-refractivity contribution is 7.17. The van der Waals surface area contributed by atoms with Crippen molar-refractivity contribution < 1.29 is 14.2 Å². The molecule has 8 heteroatoms. The highest BCUT2D eigenvalue weighted by Crippen LogP contribution is 2.41. The fraction of sp³-hybridized carbons (Fsp3) is 0.474. The van der Waals surface area contributed by atoms with Gasteiger partial charge in [-0.15, -0.1) is 5.10 Å². The summed E-state index contributed by atoms with van der Waals surface area (Å²) in [6, 6.07) is 6.31. The molecular formula is C19H23FN4O2S. The van der Waals surface area contributed by atoms with E-state index in [1.54, 1.807) is 12.1 Å². The number of nitrogens with zero attached hydrogens (tertiary/aromatic N) is 4. The molecule has 3 atom stereocenters. The van der Waals surface area contributed by atoms with Crippen LogP contribution in [0.15, 0.2) is 24.3 Å². The van der Waals surface area contributed by atoms with Gasteiger partial charge in [-0.1, -0.05) is 36.5 Å². The summed E-state index contributed by atoms with van der Waals surface area (Å²) in [6.07, 6.45) is 0.747. The Hall–Kier alpha value is -2.03. The molecule has 0 spiro atoms. The van der Waals surface area contributed by atoms with Crippen LogP contribution in [0.1, 0.15) is 43.1 Å². The Bertz CT molecular complexity index is 946. The molecule has 0 saturated carbocycles. The molecule has 2 aromatic heterocycles. The Kier molecular flexibility index (Phi) is 4.88. The summed E-state index contributed by atoms with van der Waals surface area (Å²) in [4.78, 5) is 7.90. The minimum Gasteiger partial charge on any atom is -0.492 e. The van der Waals surface area contributed by atoms with Crippen molar-refractivity contribution in [2.24, 2.45) is 0 Å². The number of aryl methyl sites for hydroxylation is 1. The van der Waals surface area contributed by atoms with Gasteiger partial charge in [0.1, 0.15) is 5.82 Å². The third kappa shape index (κ3) is 3.33. The van der Waals surface area contributed by atoms with E-state index in [2.05, 4.69) is 15.0 Å². The Morgan fingerprint density at radius 2 is 2.00 bits per heavy atom. The zero-order valence-corrected chi connectivity index (χ0v) is 16.4. The van der Waals surface area contributed by atoms with E-state index in [-0.39, 0.29) is 23.9 Å². The number of aromatic hydroxyl groups is 1. The molecule has 0 unspecified atom stereocenters. The fourth-order valence-electron chi connectivity index (χ4n) is 3.75. The van der Waals surface area contributed by atoms with Gasteiger partial charge in [0.2, 0.25) is 10.8 Å². The summed E-state index contributed by atoms with van der Waals surface area (Å²) in [6.45, 7) is 7.29. The highest BCUT2D eigenvalue weighted by Gasteiger charge is 2.35. The summed E-state index contributed by atoms with van der Waals surface area (Å²) >= 11 is 1.36. The lowest BCUT2D eigenvalue weighted by Gasteiger charge is -2.40. The van der Waals surface area contributed by atoms with Crippen molar-refractivity contribution in [1.29, 1.82) is 0 Å². The summed E-state index contributed by atoms with van der Waals surface area (Å²) in [7, 11) is 0. The van der Waals surface area contributed by atoms with Crippen molar-refractivity contribution >= 4 is 16.3 Å². The topological polar surface area (TPSA) is 62.9 Å². The maximum Gasteiger partial charge on any atom is 0.230 e. The van der Waals surface area contributed by atoms with Crippen LogP contribution in [-0.2, 0) is 11.2 Å². The Labute approximate surface area is 161 Å². The van der Waals surface area contributed by atoms with E-state index in [1.807, 2.05) is 26.8 Å². The summed E-state index contributed by atoms with van der Waals surface area (Å²) in [5, 5.41) is 15.2. The Morgan fingerprint density at radius 3 is 2.63 bits per heavy atom. The molecule has 4 rings (SSSR count). The van der Waals surface area contributed by atoms with Gasteiger partial charge in [-0.05, 0) is 19.9 Å². The molecule has 1 aliphatic rings. The fourth-order valence-corrected chi connectivity index (χ4v) is 4.87. The van der Waals surface area contributed by atoms with E-state index < -0.39 is 6.04 Å². The first-order valence-electron chi connectivity index (χ1n) is 9.19. The number of fused-ring (bicyclic) bond motifs is 1. The normalized spacial score (nSPS) is 22.4. The van der Waals surface area contributed by atoms with Crippen molar-refractivity contribution in [1.82, 2.24) is 19.5 Å². The minimum absolute atomic E-state index is 0.0269. The number of ether oxygens (including phenoxy) is 1. The molecule has 1 aromatic carbocycles. The molecule has 1 N–H and O–H groups in total. The van der Waals surface area contributed by atoms with Crippen LogP contribution in [0.4, 0.5) is 4.39 Å². The number of aromatic nitrogens is 3. The molecule has 144 valence electrons. The predicted molar refractivity (Wildman–Crippen MR) is 102 cm³/mol. The van der Waals surface area contributed by atoms with Gasteiger partial charge in [-0.25, -0.2) is 9.37 Å². The van der Waals surface area contributed by atoms with E-state index in [9.17, 15) is 9.50 Å². The quantitative estimate of drug-likeness (QED) is 0.740. The van der Waals surface area contributed by atoms with Crippen LogP contribution in [0.3, 0.4) is 0 Å². The number of rotatable bonds is 4. The summed E-state index contributed by atoms with van der Waals surface area (Å²) in [5.41, 5.74) is 0.536. The summed E-state index contributed by atoms with van der Waals surface area (Å²) < 4.78 is 22.0. The van der Waals surface area contributed by atoms with Gasteiger partial charge in [0, 0.05) is 25.1 Å². The van der Waals surface area contributed by atoms with Gasteiger partial charge in [0.15, 0.2) is 5.82 Å². The Balaban J connectivity index is 1.84. The van der Waals surface area contributed by atoms with Gasteiger partial charge in [-0.3, -0.25) is 4.90 Å². The first kappa shape index (κ1) is 18.3. The standard InChI is InChI=1S/C19H23FN4O2S/c1-4-15-21-19-24(22-15)18(25)17(27-19)16(13-7-5-6-8-14(13)20)23-9-11(2)26-12(3)10-23/h5-8,11-12,16,25H,4,9-10H2,1-3H3/t11-,12+,16-/m1/s1. The predicted octanol–water partition coefficient (Wildman–Crippen LogP) is 3.40. The largest absolute Gasteiger partial charge is 0.492 e. The Morgan fingerprint density at radius 1 is 1.30 bits per heavy atom. The van der Waals surface area contributed by atoms with Gasteiger partial charge in [-0.2, -0.15) is 4.52 Å². The van der Waals surface area contributed by atoms with Gasteiger partial charge < -0.3 is 9.84 Å². The number of halogens is 1. The molecule has 6 nitrogen and oxygen atoms in total. The first-order chi connectivity index (χ1) is 13.0. The van der Waals surface area contributed by atoms with Gasteiger partial charge in [0.05, 0.1) is 23.1 Å². The highest BCUT2D eigenvalue weighted by atomic mass is 32.1. The lowest BCUT2D eigenvalue weighted by atomic mass is 10.0. The van der Waals surface area contributed by atoms with E-state index in [0.29, 0.717) is 40.7 Å². The molecule has 1 saturated heterocycles. The average molecular weight is 390 g/mol. The number of thiazole rings is 1. The summed E-state index contributed by atoms with van der Waals surface area (Å²) in [5.74, 6) is 0.420. The number of morpholine rings is 1. The second kappa shape index (κ2) is 7.18. The van der Waals surface area contributed by atoms with E-state index in [1.165, 1.54) is 21.9 Å². The molecule has 0 bridgehead atoms. The second-order valence-corrected chi connectivity index (χ2v) is 8.01. The van der Waals surface area contributed by atoms with E-state index in [0.717, 1.165) is 0 Å². The molecular weight excluding hydrogens is 367 g/mol. The maximum absolute atomic E-state index is 14.7. The van der Waals surface area contributed by atoms with Gasteiger partial charge in [0.25, 0.3) is 0 Å². The number of benzene rings is 1. The molecule has 0 amide bonds. The number of hydrogen-bond donors (Lipinski definition) is 1. The third-order valence-corrected chi connectivity index (χ3v) is 5.89. The van der Waals surface area contributed by atoms with Crippen molar-refractivity contribution in [3.8, 4) is 5.88 Å². The molecule has 0 radical (unpaired) electrons. The van der Waals surface area contributed by atoms with Crippen LogP contribution in [-0.4, -0.2) is 49.9 Å². The first-order valence-corrected chi connectivity index (χ1v) is 10.0. The van der Waals surface area contributed by atoms with Crippen LogP contribution < -0.4 is 0 Å². The molecule has 3 aromatic rings. The minimum atomic E-state index is -0.418. The van der Waals surface area contributed by atoms with Crippen LogP contribution in [0.5, 0.6) is 5.88 Å². The van der Waals surface area contributed by atoms with E-state index in [4.69, 9.17) is 4.74 Å². The second-order valence-electron chi connectivity index (χ2n) is 7.00. The molecule has 0 aliphatic carbocycles. The molecule has 27 heavy (non-hydrogen) atoms. The zero-order chi connectivity index (χ0) is 19.1. The average Bonchev–Trinajstić information content (AvgIpc) is 3.16. The van der Waals surface area contributed by atoms with Crippen LogP contribution >= 0.6 is 11.3 Å². The monoisotopic (exact) mass is 390 g/mol. The lowest BCUT2D eigenvalue weighted by molar-refractivity contribution is -0.0767. The van der Waals surface area contributed by atoms with Crippen LogP contribution in [0, 0.1) is 5.82 Å². The molecule has 1 fully saturated rings. The van der Waals surface area contributed by atoms with Crippen molar-refractivity contribution in [3.63, 3.8) is 0 Å².